The molecule has 0 saturated heterocycles. The van der Waals surface area contributed by atoms with E-state index >= 15 is 0 Å². The summed E-state index contributed by atoms with van der Waals surface area (Å²) >= 11 is 0. The molecule has 2 aromatic carbocycles. The summed E-state index contributed by atoms with van der Waals surface area (Å²) in [5.74, 6) is -1.96. The molecule has 0 unspecified atom stereocenters. The molecule has 98 valence electrons. The molecule has 5 heteroatoms. The summed E-state index contributed by atoms with van der Waals surface area (Å²) in [6, 6.07) is 9.91. The number of carbonyl (C=O) groups excluding carboxylic acids is 1. The number of urea groups is 1. The Kier molecular flexibility index (Phi) is 3.75. The van der Waals surface area contributed by atoms with Gasteiger partial charge < -0.3 is 10.6 Å². The van der Waals surface area contributed by atoms with Crippen LogP contribution in [0.3, 0.4) is 0 Å². The zero-order valence-corrected chi connectivity index (χ0v) is 10.2. The van der Waals surface area contributed by atoms with Crippen molar-refractivity contribution in [1.82, 2.24) is 0 Å². The molecule has 0 bridgehead atoms. The minimum atomic E-state index is -1.01. The van der Waals surface area contributed by atoms with Gasteiger partial charge in [0.2, 0.25) is 0 Å². The average molecular weight is 262 g/mol. The average Bonchev–Trinajstić information content (AvgIpc) is 2.37. The highest BCUT2D eigenvalue weighted by atomic mass is 19.2. The quantitative estimate of drug-likeness (QED) is 0.846. The summed E-state index contributed by atoms with van der Waals surface area (Å²) in [7, 11) is 0. The lowest BCUT2D eigenvalue weighted by Crippen LogP contribution is -2.20. The van der Waals surface area contributed by atoms with Gasteiger partial charge in [0.05, 0.1) is 0 Å². The van der Waals surface area contributed by atoms with Gasteiger partial charge in [0.25, 0.3) is 0 Å². The molecule has 2 aromatic rings. The zero-order chi connectivity index (χ0) is 13.8. The van der Waals surface area contributed by atoms with E-state index in [0.717, 1.165) is 17.7 Å². The van der Waals surface area contributed by atoms with E-state index in [1.807, 2.05) is 19.1 Å². The maximum atomic E-state index is 13.0. The molecule has 0 saturated carbocycles. The van der Waals surface area contributed by atoms with Gasteiger partial charge in [-0.2, -0.15) is 0 Å². The first kappa shape index (κ1) is 13.0. The van der Waals surface area contributed by atoms with Gasteiger partial charge in [-0.25, -0.2) is 13.6 Å². The molecule has 0 heterocycles. The van der Waals surface area contributed by atoms with Gasteiger partial charge in [0.1, 0.15) is 0 Å². The lowest BCUT2D eigenvalue weighted by atomic mass is 10.2. The third-order valence-electron chi connectivity index (χ3n) is 2.57. The number of halogens is 2. The maximum Gasteiger partial charge on any atom is 0.323 e. The highest BCUT2D eigenvalue weighted by Gasteiger charge is 2.07. The second kappa shape index (κ2) is 5.48. The number of nitrogens with one attached hydrogen (secondary N) is 2. The van der Waals surface area contributed by atoms with E-state index in [2.05, 4.69) is 10.6 Å². The molecule has 0 aliphatic carbocycles. The van der Waals surface area contributed by atoms with Crippen molar-refractivity contribution in [2.75, 3.05) is 10.6 Å². The summed E-state index contributed by atoms with van der Waals surface area (Å²) in [5, 5.41) is 5.06. The van der Waals surface area contributed by atoms with Crippen molar-refractivity contribution in [3.8, 4) is 0 Å². The third-order valence-corrected chi connectivity index (χ3v) is 2.57. The van der Waals surface area contributed by atoms with Crippen molar-refractivity contribution in [2.45, 2.75) is 6.92 Å². The first-order valence-corrected chi connectivity index (χ1v) is 5.65. The van der Waals surface area contributed by atoms with Crippen LogP contribution >= 0.6 is 0 Å². The molecule has 2 N–H and O–H groups in total. The smallest absolute Gasteiger partial charge is 0.308 e. The lowest BCUT2D eigenvalue weighted by Gasteiger charge is -2.09. The van der Waals surface area contributed by atoms with Gasteiger partial charge >= 0.3 is 6.03 Å². The molecule has 0 radical (unpaired) electrons. The van der Waals surface area contributed by atoms with Crippen molar-refractivity contribution < 1.29 is 13.6 Å². The van der Waals surface area contributed by atoms with Gasteiger partial charge in [-0.05, 0) is 30.7 Å². The summed E-state index contributed by atoms with van der Waals surface area (Å²) in [6.45, 7) is 1.85. The van der Waals surface area contributed by atoms with E-state index < -0.39 is 17.7 Å². The number of rotatable bonds is 2. The van der Waals surface area contributed by atoms with Crippen LogP contribution in [0.1, 0.15) is 5.56 Å². The van der Waals surface area contributed by atoms with Gasteiger partial charge in [-0.1, -0.05) is 18.2 Å². The molecular formula is C14H12F2N2O. The summed E-state index contributed by atoms with van der Waals surface area (Å²) in [4.78, 5) is 11.7. The maximum absolute atomic E-state index is 13.0. The first-order chi connectivity index (χ1) is 9.06. The number of anilines is 2. The number of amides is 2. The fourth-order valence-corrected chi connectivity index (χ4v) is 1.57. The number of carbonyl (C=O) groups is 1. The van der Waals surface area contributed by atoms with Crippen LogP contribution in [0.2, 0.25) is 0 Å². The Labute approximate surface area is 109 Å². The standard InChI is InChI=1S/C14H12F2N2O/c1-9-4-2-3-5-13(9)18-14(19)17-10-6-7-11(15)12(16)8-10/h2-8H,1H3,(H2,17,18,19). The van der Waals surface area contributed by atoms with Crippen LogP contribution in [0.25, 0.3) is 0 Å². The van der Waals surface area contributed by atoms with Crippen LogP contribution < -0.4 is 10.6 Å². The summed E-state index contributed by atoms with van der Waals surface area (Å²) in [5.41, 5.74) is 1.75. The van der Waals surface area contributed by atoms with Crippen LogP contribution in [0.4, 0.5) is 25.0 Å². The number of hydrogen-bond donors (Lipinski definition) is 2. The van der Waals surface area contributed by atoms with E-state index in [9.17, 15) is 13.6 Å². The topological polar surface area (TPSA) is 41.1 Å². The van der Waals surface area contributed by atoms with E-state index in [4.69, 9.17) is 0 Å². The second-order valence-electron chi connectivity index (χ2n) is 4.02. The first-order valence-electron chi connectivity index (χ1n) is 5.65. The molecule has 0 aromatic heterocycles. The Hall–Kier alpha value is -2.43. The van der Waals surface area contributed by atoms with Crippen LogP contribution in [0.15, 0.2) is 42.5 Å². The highest BCUT2D eigenvalue weighted by molar-refractivity contribution is 6.00. The van der Waals surface area contributed by atoms with Crippen molar-refractivity contribution in [2.24, 2.45) is 0 Å². The van der Waals surface area contributed by atoms with Crippen LogP contribution in [-0.4, -0.2) is 6.03 Å². The normalized spacial score (nSPS) is 10.1. The number of para-hydroxylation sites is 1. The van der Waals surface area contributed by atoms with E-state index in [-0.39, 0.29) is 5.69 Å². The van der Waals surface area contributed by atoms with Crippen LogP contribution in [-0.2, 0) is 0 Å². The molecule has 2 rings (SSSR count). The molecule has 3 nitrogen and oxygen atoms in total. The largest absolute Gasteiger partial charge is 0.323 e. The Bertz CT molecular complexity index is 614. The SMILES string of the molecule is Cc1ccccc1NC(=O)Nc1ccc(F)c(F)c1. The fourth-order valence-electron chi connectivity index (χ4n) is 1.57. The molecule has 0 aliphatic rings. The van der Waals surface area contributed by atoms with Gasteiger partial charge in [-0.15, -0.1) is 0 Å². The minimum absolute atomic E-state index is 0.185. The number of benzene rings is 2. The molecule has 0 spiro atoms. The Balaban J connectivity index is 2.05. The Morgan fingerprint density at radius 3 is 2.42 bits per heavy atom. The highest BCUT2D eigenvalue weighted by Crippen LogP contribution is 2.15. The molecular weight excluding hydrogens is 250 g/mol. The van der Waals surface area contributed by atoms with Crippen molar-refractivity contribution >= 4 is 17.4 Å². The minimum Gasteiger partial charge on any atom is -0.308 e. The van der Waals surface area contributed by atoms with Gasteiger partial charge in [0.15, 0.2) is 11.6 Å². The van der Waals surface area contributed by atoms with Crippen molar-refractivity contribution in [3.05, 3.63) is 59.7 Å². The number of hydrogen-bond acceptors (Lipinski definition) is 1. The molecule has 0 aliphatic heterocycles. The van der Waals surface area contributed by atoms with E-state index in [0.29, 0.717) is 5.69 Å². The van der Waals surface area contributed by atoms with Crippen molar-refractivity contribution in [1.29, 1.82) is 0 Å². The third kappa shape index (κ3) is 3.28. The number of aryl methyl sites for hydroxylation is 1. The van der Waals surface area contributed by atoms with Crippen LogP contribution in [0, 0.1) is 18.6 Å². The molecule has 19 heavy (non-hydrogen) atoms. The fraction of sp³-hybridized carbons (Fsp3) is 0.0714. The molecule has 0 fully saturated rings. The van der Waals surface area contributed by atoms with E-state index in [1.165, 1.54) is 6.07 Å². The van der Waals surface area contributed by atoms with Crippen molar-refractivity contribution in [3.63, 3.8) is 0 Å². The monoisotopic (exact) mass is 262 g/mol. The Morgan fingerprint density at radius 1 is 1.00 bits per heavy atom. The Morgan fingerprint density at radius 2 is 1.74 bits per heavy atom. The summed E-state index contributed by atoms with van der Waals surface area (Å²) < 4.78 is 25.7. The molecule has 0 atom stereocenters. The zero-order valence-electron chi connectivity index (χ0n) is 10.2. The van der Waals surface area contributed by atoms with Crippen LogP contribution in [0.5, 0.6) is 0 Å². The van der Waals surface area contributed by atoms with Gasteiger partial charge in [0, 0.05) is 17.4 Å². The van der Waals surface area contributed by atoms with Gasteiger partial charge in [-0.3, -0.25) is 0 Å². The van der Waals surface area contributed by atoms with E-state index in [1.54, 1.807) is 12.1 Å². The molecule has 2 amide bonds. The summed E-state index contributed by atoms with van der Waals surface area (Å²) in [6.07, 6.45) is 0. The second-order valence-corrected chi connectivity index (χ2v) is 4.02. The predicted octanol–water partition coefficient (Wildman–Crippen LogP) is 3.92. The predicted molar refractivity (Wildman–Crippen MR) is 70.2 cm³/mol. The lowest BCUT2D eigenvalue weighted by molar-refractivity contribution is 0.262.